The third kappa shape index (κ3) is 4.51. The van der Waals surface area contributed by atoms with Crippen molar-refractivity contribution < 1.29 is 13.9 Å². The highest BCUT2D eigenvalue weighted by Crippen LogP contribution is 2.27. The van der Waals surface area contributed by atoms with Crippen molar-refractivity contribution in [3.8, 4) is 5.69 Å². The summed E-state index contributed by atoms with van der Waals surface area (Å²) in [5.41, 5.74) is 3.41. The number of benzene rings is 1. The van der Waals surface area contributed by atoms with Gasteiger partial charge < -0.3 is 10.1 Å². The zero-order valence-electron chi connectivity index (χ0n) is 17.2. The Bertz CT molecular complexity index is 854. The van der Waals surface area contributed by atoms with Crippen LogP contribution in [0.3, 0.4) is 0 Å². The van der Waals surface area contributed by atoms with E-state index in [1.807, 2.05) is 4.68 Å². The summed E-state index contributed by atoms with van der Waals surface area (Å²) in [7, 11) is 0. The molecule has 0 spiro atoms. The first-order chi connectivity index (χ1) is 14.0. The predicted octanol–water partition coefficient (Wildman–Crippen LogP) is 2.73. The van der Waals surface area contributed by atoms with E-state index in [0.717, 1.165) is 62.3 Å². The molecule has 156 valence electrons. The molecule has 1 aliphatic carbocycles. The largest absolute Gasteiger partial charge is 0.373 e. The van der Waals surface area contributed by atoms with E-state index >= 15 is 0 Å². The van der Waals surface area contributed by atoms with Gasteiger partial charge in [-0.2, -0.15) is 5.10 Å². The number of halogens is 1. The molecular formula is C22H29FN4O2. The highest BCUT2D eigenvalue weighted by molar-refractivity contribution is 5.94. The molecule has 2 unspecified atom stereocenters. The van der Waals surface area contributed by atoms with Crippen LogP contribution in [-0.4, -0.2) is 59.0 Å². The number of nitrogens with zero attached hydrogens (tertiary/aromatic N) is 3. The van der Waals surface area contributed by atoms with E-state index in [1.165, 1.54) is 12.1 Å². The Kier molecular flexibility index (Phi) is 5.96. The molecule has 1 saturated heterocycles. The Morgan fingerprint density at radius 3 is 2.59 bits per heavy atom. The van der Waals surface area contributed by atoms with Gasteiger partial charge in [-0.15, -0.1) is 0 Å². The summed E-state index contributed by atoms with van der Waals surface area (Å²) in [6, 6.07) is 6.27. The Balaban J connectivity index is 1.46. The van der Waals surface area contributed by atoms with Gasteiger partial charge in [-0.05, 0) is 63.8 Å². The smallest absolute Gasteiger partial charge is 0.272 e. The summed E-state index contributed by atoms with van der Waals surface area (Å²) in [5, 5.41) is 7.67. The minimum absolute atomic E-state index is 0.127. The summed E-state index contributed by atoms with van der Waals surface area (Å²) in [6.45, 7) is 7.30. The van der Waals surface area contributed by atoms with Gasteiger partial charge in [0.05, 0.1) is 17.9 Å². The van der Waals surface area contributed by atoms with Gasteiger partial charge in [0.1, 0.15) is 5.82 Å². The lowest BCUT2D eigenvalue weighted by Crippen LogP contribution is -2.47. The average Bonchev–Trinajstić information content (AvgIpc) is 3.08. The first-order valence-corrected chi connectivity index (χ1v) is 10.5. The van der Waals surface area contributed by atoms with Crippen molar-refractivity contribution in [3.05, 3.63) is 47.0 Å². The molecule has 1 aromatic heterocycles. The number of nitrogens with one attached hydrogen (secondary N) is 1. The maximum absolute atomic E-state index is 13.3. The van der Waals surface area contributed by atoms with E-state index in [0.29, 0.717) is 12.2 Å². The zero-order valence-corrected chi connectivity index (χ0v) is 17.2. The van der Waals surface area contributed by atoms with Gasteiger partial charge >= 0.3 is 0 Å². The van der Waals surface area contributed by atoms with Crippen molar-refractivity contribution in [1.82, 2.24) is 20.0 Å². The molecule has 1 N–H and O–H groups in total. The molecule has 2 atom stereocenters. The van der Waals surface area contributed by atoms with Crippen LogP contribution in [0.2, 0.25) is 0 Å². The van der Waals surface area contributed by atoms with E-state index in [4.69, 9.17) is 4.74 Å². The van der Waals surface area contributed by atoms with E-state index < -0.39 is 0 Å². The van der Waals surface area contributed by atoms with E-state index in [1.54, 1.807) is 12.1 Å². The molecule has 0 radical (unpaired) electrons. The normalized spacial score (nSPS) is 22.3. The second-order valence-corrected chi connectivity index (χ2v) is 8.14. The van der Waals surface area contributed by atoms with Crippen LogP contribution in [0, 0.1) is 5.82 Å². The van der Waals surface area contributed by atoms with Gasteiger partial charge in [0.2, 0.25) is 0 Å². The van der Waals surface area contributed by atoms with Crippen molar-refractivity contribution in [2.75, 3.05) is 26.2 Å². The molecule has 1 aromatic carbocycles. The quantitative estimate of drug-likeness (QED) is 0.839. The summed E-state index contributed by atoms with van der Waals surface area (Å²) in [6.07, 6.45) is 4.31. The first-order valence-electron chi connectivity index (χ1n) is 10.5. The summed E-state index contributed by atoms with van der Waals surface area (Å²) >= 11 is 0. The Morgan fingerprint density at radius 2 is 1.86 bits per heavy atom. The predicted molar refractivity (Wildman–Crippen MR) is 109 cm³/mol. The van der Waals surface area contributed by atoms with Crippen LogP contribution < -0.4 is 5.32 Å². The van der Waals surface area contributed by atoms with Gasteiger partial charge in [0.25, 0.3) is 5.91 Å². The molecule has 4 rings (SSSR count). The second-order valence-electron chi connectivity index (χ2n) is 8.14. The second kappa shape index (κ2) is 8.63. The van der Waals surface area contributed by atoms with Gasteiger partial charge in [0, 0.05) is 37.4 Å². The monoisotopic (exact) mass is 400 g/mol. The maximum Gasteiger partial charge on any atom is 0.272 e. The molecule has 2 heterocycles. The number of carbonyl (C=O) groups excluding carboxylic acids is 1. The van der Waals surface area contributed by atoms with E-state index in [2.05, 4.69) is 29.2 Å². The Morgan fingerprint density at radius 1 is 1.17 bits per heavy atom. The Hall–Kier alpha value is -2.25. The third-order valence-corrected chi connectivity index (χ3v) is 5.68. The van der Waals surface area contributed by atoms with Crippen LogP contribution in [0.5, 0.6) is 0 Å². The highest BCUT2D eigenvalue weighted by atomic mass is 19.1. The molecule has 0 saturated carbocycles. The van der Waals surface area contributed by atoms with Crippen LogP contribution in [0.15, 0.2) is 24.3 Å². The number of carbonyl (C=O) groups is 1. The van der Waals surface area contributed by atoms with Crippen LogP contribution in [-0.2, 0) is 17.6 Å². The lowest BCUT2D eigenvalue weighted by molar-refractivity contribution is -0.0672. The topological polar surface area (TPSA) is 59.4 Å². The maximum atomic E-state index is 13.3. The van der Waals surface area contributed by atoms with Gasteiger partial charge in [-0.1, -0.05) is 0 Å². The molecule has 1 amide bonds. The standard InChI is InChI=1S/C22H29FN4O2/c1-15-13-26(14-16(2)29-15)12-11-24-22(28)21-19-5-3-4-6-20(19)27(25-21)18-9-7-17(23)8-10-18/h7-10,15-16H,3-6,11-14H2,1-2H3,(H,24,28). The van der Waals surface area contributed by atoms with Crippen LogP contribution in [0.1, 0.15) is 48.4 Å². The van der Waals surface area contributed by atoms with Crippen LogP contribution in [0.25, 0.3) is 5.69 Å². The molecule has 29 heavy (non-hydrogen) atoms. The average molecular weight is 400 g/mol. The minimum atomic E-state index is -0.278. The van der Waals surface area contributed by atoms with Crippen molar-refractivity contribution in [1.29, 1.82) is 0 Å². The van der Waals surface area contributed by atoms with Crippen molar-refractivity contribution in [2.45, 2.75) is 51.7 Å². The number of hydrogen-bond acceptors (Lipinski definition) is 4. The number of fused-ring (bicyclic) bond motifs is 1. The fourth-order valence-corrected chi connectivity index (χ4v) is 4.46. The lowest BCUT2D eigenvalue weighted by atomic mass is 9.95. The molecular weight excluding hydrogens is 371 g/mol. The van der Waals surface area contributed by atoms with Crippen LogP contribution in [0.4, 0.5) is 4.39 Å². The number of ether oxygens (including phenoxy) is 1. The van der Waals surface area contributed by atoms with Gasteiger partial charge in [-0.3, -0.25) is 9.69 Å². The fraction of sp³-hybridized carbons (Fsp3) is 0.545. The lowest BCUT2D eigenvalue weighted by Gasteiger charge is -2.35. The number of rotatable bonds is 5. The third-order valence-electron chi connectivity index (χ3n) is 5.68. The molecule has 0 bridgehead atoms. The Labute approximate surface area is 171 Å². The molecule has 2 aromatic rings. The highest BCUT2D eigenvalue weighted by Gasteiger charge is 2.26. The number of aromatic nitrogens is 2. The van der Waals surface area contributed by atoms with Gasteiger partial charge in [-0.25, -0.2) is 9.07 Å². The fourth-order valence-electron chi connectivity index (χ4n) is 4.46. The molecule has 7 heteroatoms. The van der Waals surface area contributed by atoms with Gasteiger partial charge in [0.15, 0.2) is 5.69 Å². The SMILES string of the molecule is CC1CN(CCNC(=O)c2nn(-c3ccc(F)cc3)c3c2CCCC3)CC(C)O1. The van der Waals surface area contributed by atoms with E-state index in [9.17, 15) is 9.18 Å². The molecule has 6 nitrogen and oxygen atoms in total. The summed E-state index contributed by atoms with van der Waals surface area (Å²) in [5.74, 6) is -0.405. The van der Waals surface area contributed by atoms with Crippen LogP contribution >= 0.6 is 0 Å². The molecule has 1 fully saturated rings. The zero-order chi connectivity index (χ0) is 20.4. The first kappa shape index (κ1) is 20.0. The minimum Gasteiger partial charge on any atom is -0.373 e. The number of amides is 1. The summed E-state index contributed by atoms with van der Waals surface area (Å²) < 4.78 is 20.9. The van der Waals surface area contributed by atoms with Crippen molar-refractivity contribution >= 4 is 5.91 Å². The molecule has 1 aliphatic heterocycles. The van der Waals surface area contributed by atoms with Crippen molar-refractivity contribution in [3.63, 3.8) is 0 Å². The summed E-state index contributed by atoms with van der Waals surface area (Å²) in [4.78, 5) is 15.2. The van der Waals surface area contributed by atoms with E-state index in [-0.39, 0.29) is 23.9 Å². The number of hydrogen-bond donors (Lipinski definition) is 1. The molecule has 2 aliphatic rings. The number of morpholine rings is 1. The van der Waals surface area contributed by atoms with Crippen molar-refractivity contribution in [2.24, 2.45) is 0 Å².